The maximum Gasteiger partial charge on any atom is 0.277 e. The van der Waals surface area contributed by atoms with Gasteiger partial charge in [-0.2, -0.15) is 13.8 Å². The summed E-state index contributed by atoms with van der Waals surface area (Å²) in [4.78, 5) is 11.8. The molecule has 19 heavy (non-hydrogen) atoms. The van der Waals surface area contributed by atoms with Crippen LogP contribution in [-0.4, -0.2) is 37.1 Å². The third-order valence-electron chi connectivity index (χ3n) is 2.90. The molecular weight excluding hydrogens is 266 g/mol. The molecule has 3 heterocycles. The molecule has 8 heteroatoms. The van der Waals surface area contributed by atoms with E-state index in [-0.39, 0.29) is 12.0 Å². The van der Waals surface area contributed by atoms with Gasteiger partial charge in [0, 0.05) is 12.8 Å². The molecule has 100 valence electrons. The Balaban J connectivity index is 1.60. The Morgan fingerprint density at radius 3 is 3.26 bits per heavy atom. The highest BCUT2D eigenvalue weighted by Crippen LogP contribution is 2.15. The molecule has 1 fully saturated rings. The van der Waals surface area contributed by atoms with E-state index in [4.69, 9.17) is 4.74 Å². The molecule has 0 saturated carbocycles. The first-order chi connectivity index (χ1) is 9.31. The molecule has 1 unspecified atom stereocenters. The summed E-state index contributed by atoms with van der Waals surface area (Å²) >= 11 is 1.01. The Labute approximate surface area is 113 Å². The minimum Gasteiger partial charge on any atom is -0.376 e. The standard InChI is InChI=1S/C11H13N5O2S/c17-11(10-5-13-19-15-10)14-8-4-12-16(6-8)7-9-2-1-3-18-9/h4-6,9H,1-3,7H2,(H,14,17). The fourth-order valence-corrected chi connectivity index (χ4v) is 2.40. The van der Waals surface area contributed by atoms with Crippen molar-refractivity contribution in [3.63, 3.8) is 0 Å². The molecule has 1 aliphatic heterocycles. The van der Waals surface area contributed by atoms with E-state index in [2.05, 4.69) is 19.2 Å². The number of carbonyl (C=O) groups is 1. The van der Waals surface area contributed by atoms with Crippen LogP contribution >= 0.6 is 11.7 Å². The van der Waals surface area contributed by atoms with E-state index in [1.54, 1.807) is 17.1 Å². The van der Waals surface area contributed by atoms with Crippen LogP contribution < -0.4 is 5.32 Å². The predicted molar refractivity (Wildman–Crippen MR) is 69.1 cm³/mol. The first kappa shape index (κ1) is 12.2. The van der Waals surface area contributed by atoms with Gasteiger partial charge in [0.1, 0.15) is 0 Å². The summed E-state index contributed by atoms with van der Waals surface area (Å²) in [5, 5.41) is 6.93. The van der Waals surface area contributed by atoms with E-state index in [0.717, 1.165) is 31.2 Å². The molecule has 0 bridgehead atoms. The second kappa shape index (κ2) is 5.45. The average Bonchev–Trinajstić information content (AvgIpc) is 3.10. The zero-order valence-corrected chi connectivity index (χ0v) is 11.0. The van der Waals surface area contributed by atoms with E-state index < -0.39 is 0 Å². The van der Waals surface area contributed by atoms with Crippen LogP contribution in [-0.2, 0) is 11.3 Å². The Hall–Kier alpha value is -1.80. The molecule has 0 aromatic carbocycles. The van der Waals surface area contributed by atoms with E-state index in [1.807, 2.05) is 0 Å². The minimum atomic E-state index is -0.273. The van der Waals surface area contributed by atoms with Crippen molar-refractivity contribution in [2.75, 3.05) is 11.9 Å². The van der Waals surface area contributed by atoms with Gasteiger partial charge in [0.05, 0.1) is 42.5 Å². The number of anilines is 1. The maximum absolute atomic E-state index is 11.8. The fraction of sp³-hybridized carbons (Fsp3) is 0.455. The Kier molecular flexibility index (Phi) is 3.51. The van der Waals surface area contributed by atoms with Gasteiger partial charge >= 0.3 is 0 Å². The summed E-state index contributed by atoms with van der Waals surface area (Å²) in [7, 11) is 0. The summed E-state index contributed by atoms with van der Waals surface area (Å²) in [6, 6.07) is 0. The second-order valence-electron chi connectivity index (χ2n) is 4.33. The molecule has 1 aliphatic rings. The van der Waals surface area contributed by atoms with Gasteiger partial charge in [-0.15, -0.1) is 0 Å². The van der Waals surface area contributed by atoms with Gasteiger partial charge < -0.3 is 10.1 Å². The van der Waals surface area contributed by atoms with E-state index in [1.165, 1.54) is 6.20 Å². The molecule has 0 radical (unpaired) electrons. The lowest BCUT2D eigenvalue weighted by molar-refractivity contribution is 0.0940. The first-order valence-electron chi connectivity index (χ1n) is 6.04. The van der Waals surface area contributed by atoms with Gasteiger partial charge in [0.2, 0.25) is 0 Å². The Bertz CT molecular complexity index is 547. The molecule has 1 amide bonds. The van der Waals surface area contributed by atoms with Crippen molar-refractivity contribution in [2.24, 2.45) is 0 Å². The number of nitrogens with one attached hydrogen (secondary N) is 1. The van der Waals surface area contributed by atoms with E-state index >= 15 is 0 Å². The number of rotatable bonds is 4. The summed E-state index contributed by atoms with van der Waals surface area (Å²) in [5.41, 5.74) is 0.966. The van der Waals surface area contributed by atoms with Crippen molar-refractivity contribution in [1.82, 2.24) is 18.5 Å². The lowest BCUT2D eigenvalue weighted by atomic mass is 10.2. The quantitative estimate of drug-likeness (QED) is 0.908. The van der Waals surface area contributed by atoms with Crippen LogP contribution in [0.25, 0.3) is 0 Å². The molecule has 1 saturated heterocycles. The molecule has 1 N–H and O–H groups in total. The smallest absolute Gasteiger partial charge is 0.277 e. The maximum atomic E-state index is 11.8. The van der Waals surface area contributed by atoms with Crippen LogP contribution in [0.2, 0.25) is 0 Å². The van der Waals surface area contributed by atoms with Gasteiger partial charge in [-0.25, -0.2) is 0 Å². The Morgan fingerprint density at radius 1 is 1.58 bits per heavy atom. The van der Waals surface area contributed by atoms with E-state index in [9.17, 15) is 4.79 Å². The second-order valence-corrected chi connectivity index (χ2v) is 4.89. The number of aromatic nitrogens is 4. The third-order valence-corrected chi connectivity index (χ3v) is 3.38. The largest absolute Gasteiger partial charge is 0.376 e. The van der Waals surface area contributed by atoms with Gasteiger partial charge in [-0.05, 0) is 12.8 Å². The number of hydrogen-bond acceptors (Lipinski definition) is 6. The first-order valence-corrected chi connectivity index (χ1v) is 6.77. The Morgan fingerprint density at radius 2 is 2.53 bits per heavy atom. The summed E-state index contributed by atoms with van der Waals surface area (Å²) in [6.45, 7) is 1.54. The van der Waals surface area contributed by atoms with Crippen LogP contribution in [0, 0.1) is 0 Å². The molecular formula is C11H13N5O2S. The monoisotopic (exact) mass is 279 g/mol. The zero-order chi connectivity index (χ0) is 13.1. The third kappa shape index (κ3) is 2.96. The number of nitrogens with zero attached hydrogens (tertiary/aromatic N) is 4. The molecule has 1 atom stereocenters. The molecule has 2 aromatic heterocycles. The van der Waals surface area contributed by atoms with Gasteiger partial charge in [-0.1, -0.05) is 0 Å². The molecule has 7 nitrogen and oxygen atoms in total. The van der Waals surface area contributed by atoms with Crippen LogP contribution in [0.1, 0.15) is 23.3 Å². The van der Waals surface area contributed by atoms with Gasteiger partial charge in [0.25, 0.3) is 5.91 Å². The fourth-order valence-electron chi connectivity index (χ4n) is 1.98. The van der Waals surface area contributed by atoms with E-state index in [0.29, 0.717) is 17.9 Å². The SMILES string of the molecule is O=C(Nc1cnn(CC2CCCO2)c1)c1cnsn1. The summed E-state index contributed by atoms with van der Waals surface area (Å²) in [6.07, 6.45) is 7.24. The van der Waals surface area contributed by atoms with Crippen LogP contribution in [0.4, 0.5) is 5.69 Å². The van der Waals surface area contributed by atoms with Crippen molar-refractivity contribution < 1.29 is 9.53 Å². The number of amides is 1. The summed E-state index contributed by atoms with van der Waals surface area (Å²) < 4.78 is 15.0. The van der Waals surface area contributed by atoms with Gasteiger partial charge in [-0.3, -0.25) is 9.48 Å². The number of hydrogen-bond donors (Lipinski definition) is 1. The number of carbonyl (C=O) groups excluding carboxylic acids is 1. The molecule has 0 spiro atoms. The predicted octanol–water partition coefficient (Wildman–Crippen LogP) is 1.17. The van der Waals surface area contributed by atoms with Crippen molar-refractivity contribution in [2.45, 2.75) is 25.5 Å². The van der Waals surface area contributed by atoms with Crippen molar-refractivity contribution in [1.29, 1.82) is 0 Å². The van der Waals surface area contributed by atoms with Crippen LogP contribution in [0.5, 0.6) is 0 Å². The normalized spacial score (nSPS) is 18.6. The highest BCUT2D eigenvalue weighted by atomic mass is 32.1. The zero-order valence-electron chi connectivity index (χ0n) is 10.2. The molecule has 3 rings (SSSR count). The highest BCUT2D eigenvalue weighted by Gasteiger charge is 2.17. The van der Waals surface area contributed by atoms with Crippen LogP contribution in [0.3, 0.4) is 0 Å². The lowest BCUT2D eigenvalue weighted by Crippen LogP contribution is -2.15. The highest BCUT2D eigenvalue weighted by molar-refractivity contribution is 6.99. The summed E-state index contributed by atoms with van der Waals surface area (Å²) in [5.74, 6) is -0.273. The number of ether oxygens (including phenoxy) is 1. The van der Waals surface area contributed by atoms with Gasteiger partial charge in [0.15, 0.2) is 5.69 Å². The topological polar surface area (TPSA) is 81.9 Å². The molecule has 0 aliphatic carbocycles. The average molecular weight is 279 g/mol. The van der Waals surface area contributed by atoms with Crippen molar-refractivity contribution >= 4 is 23.3 Å². The lowest BCUT2D eigenvalue weighted by Gasteiger charge is -2.08. The minimum absolute atomic E-state index is 0.228. The van der Waals surface area contributed by atoms with Crippen LogP contribution in [0.15, 0.2) is 18.6 Å². The van der Waals surface area contributed by atoms with Crippen molar-refractivity contribution in [3.05, 3.63) is 24.3 Å². The molecule has 2 aromatic rings. The van der Waals surface area contributed by atoms with Crippen molar-refractivity contribution in [3.8, 4) is 0 Å².